The minimum Gasteiger partial charge on any atom is -0.365 e. The van der Waals surface area contributed by atoms with E-state index in [-0.39, 0.29) is 11.1 Å². The largest absolute Gasteiger partial charge is 0.365 e. The number of halogens is 6. The monoisotopic (exact) mass is 822 g/mol. The Kier molecular flexibility index (Phi) is 9.98. The summed E-state index contributed by atoms with van der Waals surface area (Å²) < 4.78 is 104. The van der Waals surface area contributed by atoms with E-state index < -0.39 is 47.1 Å². The van der Waals surface area contributed by atoms with Crippen molar-refractivity contribution in [1.82, 2.24) is 0 Å². The Labute approximate surface area is 348 Å². The van der Waals surface area contributed by atoms with Crippen LogP contribution in [-0.2, 0) is 35.8 Å². The minimum atomic E-state index is -1.56. The Morgan fingerprint density at radius 1 is 0.443 bits per heavy atom. The Morgan fingerprint density at radius 3 is 1.20 bits per heavy atom. The fourth-order valence-corrected chi connectivity index (χ4v) is 9.55. The van der Waals surface area contributed by atoms with Gasteiger partial charge < -0.3 is 14.0 Å². The first kappa shape index (κ1) is 38.9. The molecule has 304 valence electrons. The van der Waals surface area contributed by atoms with Crippen LogP contribution in [0, 0.1) is 34.9 Å². The third kappa shape index (κ3) is 7.16. The highest BCUT2D eigenvalue weighted by Gasteiger charge is 2.50. The highest BCUT2D eigenvalue weighted by atomic mass is 19.2. The van der Waals surface area contributed by atoms with Gasteiger partial charge in [-0.15, -0.1) is 0 Å². The van der Waals surface area contributed by atoms with Gasteiger partial charge in [-0.05, 0) is 91.3 Å². The fourth-order valence-electron chi connectivity index (χ4n) is 9.55. The lowest BCUT2D eigenvalue weighted by Gasteiger charge is -2.35. The molecule has 8 aromatic carbocycles. The van der Waals surface area contributed by atoms with Crippen LogP contribution in [0.4, 0.5) is 26.3 Å². The normalized spacial score (nSPS) is 16.8. The molecular weight excluding hydrogens is 785 g/mol. The van der Waals surface area contributed by atoms with E-state index in [9.17, 15) is 8.78 Å². The molecule has 2 aliphatic rings. The molecule has 0 aliphatic carbocycles. The summed E-state index contributed by atoms with van der Waals surface area (Å²) in [4.78, 5) is 0. The van der Waals surface area contributed by atoms with Crippen molar-refractivity contribution in [3.8, 4) is 33.4 Å². The van der Waals surface area contributed by atoms with Crippen molar-refractivity contribution in [3.05, 3.63) is 203 Å². The Bertz CT molecular complexity index is 2730. The van der Waals surface area contributed by atoms with Crippen LogP contribution in [0.3, 0.4) is 0 Å². The number of nitrogens with zero attached hydrogens (tertiary/aromatic N) is 1. The summed E-state index contributed by atoms with van der Waals surface area (Å²) >= 11 is 0. The molecule has 8 aromatic rings. The second kappa shape index (κ2) is 15.6. The molecule has 2 aliphatic heterocycles. The average Bonchev–Trinajstić information content (AvgIpc) is 3.53. The quantitative estimate of drug-likeness (QED) is 0.0863. The van der Waals surface area contributed by atoms with Gasteiger partial charge in [-0.2, -0.15) is 0 Å². The lowest BCUT2D eigenvalue weighted by atomic mass is 9.82. The molecule has 0 amide bonds. The lowest BCUT2D eigenvalue weighted by molar-refractivity contribution is -0.944. The summed E-state index contributed by atoms with van der Waals surface area (Å²) in [6.45, 7) is 2.14. The van der Waals surface area contributed by atoms with Gasteiger partial charge in [0.2, 0.25) is 0 Å². The molecule has 9 heteroatoms. The van der Waals surface area contributed by atoms with Crippen molar-refractivity contribution in [2.45, 2.75) is 38.5 Å². The van der Waals surface area contributed by atoms with Gasteiger partial charge in [-0.25, -0.2) is 26.3 Å². The molecule has 1 spiro atoms. The predicted octanol–water partition coefficient (Wildman–Crippen LogP) is 12.8. The highest BCUT2D eigenvalue weighted by Crippen LogP contribution is 2.51. The molecule has 0 aromatic heterocycles. The molecule has 10 rings (SSSR count). The highest BCUT2D eigenvalue weighted by molar-refractivity contribution is 6.12. The van der Waals surface area contributed by atoms with Gasteiger partial charge in [-0.1, -0.05) is 109 Å². The Balaban J connectivity index is 1.25. The number of hydrogen-bond acceptors (Lipinski definition) is 2. The van der Waals surface area contributed by atoms with Crippen molar-refractivity contribution < 1.29 is 40.3 Å². The topological polar surface area (TPSA) is 18.5 Å². The standard InChI is InChI=1S/C52H38F6NO2/c53-43-21-35(22-44(54)51(43)57)39-19-33-15-7-9-17-37(33)49-41(39)25-59(27-47(60-29-31-11-3-1-4-12-31)48(28-59)61-30-32-13-5-2-6-14-32)26-42-40(36-23-45(55)52(58)46(56)24-36)20-34-16-8-10-18-38(34)50(42)49/h1-24,47-48H,25-30H2/q+1/t47-,48-/m1/s1. The van der Waals surface area contributed by atoms with Crippen molar-refractivity contribution >= 4 is 21.5 Å². The minimum absolute atomic E-state index is 0.163. The van der Waals surface area contributed by atoms with Crippen molar-refractivity contribution in [1.29, 1.82) is 0 Å². The van der Waals surface area contributed by atoms with Crippen molar-refractivity contribution in [3.63, 3.8) is 0 Å². The number of benzene rings is 8. The molecule has 0 radical (unpaired) electrons. The Morgan fingerprint density at radius 2 is 0.803 bits per heavy atom. The third-order valence-electron chi connectivity index (χ3n) is 12.3. The molecule has 1 fully saturated rings. The molecular formula is C52H38F6NO2+. The summed E-state index contributed by atoms with van der Waals surface area (Å²) in [5.74, 6) is -8.37. The molecule has 61 heavy (non-hydrogen) atoms. The summed E-state index contributed by atoms with van der Waals surface area (Å²) in [6, 6.07) is 42.9. The number of hydrogen-bond donors (Lipinski definition) is 0. The number of ether oxygens (including phenoxy) is 2. The third-order valence-corrected chi connectivity index (χ3v) is 12.3. The molecule has 1 saturated heterocycles. The van der Waals surface area contributed by atoms with Crippen LogP contribution in [0.5, 0.6) is 0 Å². The van der Waals surface area contributed by atoms with Crippen LogP contribution in [0.2, 0.25) is 0 Å². The second-order valence-electron chi connectivity index (χ2n) is 16.2. The molecule has 2 atom stereocenters. The zero-order chi connectivity index (χ0) is 41.8. The maximum Gasteiger partial charge on any atom is 0.194 e. The van der Waals surface area contributed by atoms with Crippen LogP contribution in [0.15, 0.2) is 146 Å². The SMILES string of the molecule is Fc1cc(-c2cc3ccccc3c3c2C[N+]2(Cc4c(-c5cc(F)c(F)c(F)c5)cc5ccccc5c4-3)C[C@@H](OCc3ccccc3)[C@H](OCc3ccccc3)C2)cc(F)c1F. The second-order valence-corrected chi connectivity index (χ2v) is 16.2. The van der Waals surface area contributed by atoms with E-state index in [0.29, 0.717) is 55.0 Å². The number of fused-ring (bicyclic) bond motifs is 7. The van der Waals surface area contributed by atoms with Gasteiger partial charge in [0.1, 0.15) is 38.4 Å². The summed E-state index contributed by atoms with van der Waals surface area (Å²) in [6.07, 6.45) is -0.855. The predicted molar refractivity (Wildman–Crippen MR) is 225 cm³/mol. The maximum absolute atomic E-state index is 15.2. The van der Waals surface area contributed by atoms with E-state index >= 15 is 17.6 Å². The molecule has 0 N–H and O–H groups in total. The molecule has 3 nitrogen and oxygen atoms in total. The smallest absolute Gasteiger partial charge is 0.194 e. The zero-order valence-corrected chi connectivity index (χ0v) is 32.8. The van der Waals surface area contributed by atoms with Gasteiger partial charge in [-0.3, -0.25) is 0 Å². The van der Waals surface area contributed by atoms with Crippen LogP contribution in [-0.4, -0.2) is 29.8 Å². The summed E-state index contributed by atoms with van der Waals surface area (Å²) in [7, 11) is 0. The first-order valence-electron chi connectivity index (χ1n) is 20.2. The van der Waals surface area contributed by atoms with Gasteiger partial charge in [0.15, 0.2) is 34.9 Å². The van der Waals surface area contributed by atoms with E-state index in [4.69, 9.17) is 9.47 Å². The van der Waals surface area contributed by atoms with Gasteiger partial charge in [0.25, 0.3) is 0 Å². The fraction of sp³-hybridized carbons (Fsp3) is 0.154. The van der Waals surface area contributed by atoms with E-state index in [1.54, 1.807) is 0 Å². The van der Waals surface area contributed by atoms with E-state index in [1.807, 2.05) is 121 Å². The van der Waals surface area contributed by atoms with Gasteiger partial charge in [0.05, 0.1) is 13.2 Å². The molecule has 0 bridgehead atoms. The zero-order valence-electron chi connectivity index (χ0n) is 32.8. The van der Waals surface area contributed by atoms with E-state index in [2.05, 4.69) is 0 Å². The van der Waals surface area contributed by atoms with Gasteiger partial charge in [0, 0.05) is 22.3 Å². The van der Waals surface area contributed by atoms with Crippen molar-refractivity contribution in [2.75, 3.05) is 13.1 Å². The van der Waals surface area contributed by atoms with Crippen LogP contribution >= 0.6 is 0 Å². The first-order chi connectivity index (χ1) is 29.6. The van der Waals surface area contributed by atoms with Crippen LogP contribution in [0.1, 0.15) is 22.3 Å². The number of rotatable bonds is 8. The number of quaternary nitrogens is 1. The van der Waals surface area contributed by atoms with Crippen LogP contribution < -0.4 is 0 Å². The van der Waals surface area contributed by atoms with E-state index in [0.717, 1.165) is 79.2 Å². The van der Waals surface area contributed by atoms with Crippen LogP contribution in [0.25, 0.3) is 54.9 Å². The summed E-state index contributed by atoms with van der Waals surface area (Å²) in [5, 5.41) is 3.22. The van der Waals surface area contributed by atoms with E-state index in [1.165, 1.54) is 0 Å². The first-order valence-corrected chi connectivity index (χ1v) is 20.2. The van der Waals surface area contributed by atoms with Crippen molar-refractivity contribution in [2.24, 2.45) is 0 Å². The van der Waals surface area contributed by atoms with Gasteiger partial charge >= 0.3 is 0 Å². The summed E-state index contributed by atoms with van der Waals surface area (Å²) in [5.41, 5.74) is 6.39. The Hall–Kier alpha value is -6.26. The average molecular weight is 823 g/mol. The molecule has 2 heterocycles. The maximum atomic E-state index is 15.2. The lowest BCUT2D eigenvalue weighted by Crippen LogP contribution is -2.45. The molecule has 0 unspecified atom stereocenters. The molecule has 0 saturated carbocycles.